The Morgan fingerprint density at radius 1 is 1.56 bits per heavy atom. The van der Waals surface area contributed by atoms with E-state index in [0.717, 1.165) is 24.3 Å². The van der Waals surface area contributed by atoms with E-state index in [9.17, 15) is 0 Å². The molecule has 0 fully saturated rings. The second-order valence-electron chi connectivity index (χ2n) is 4.03. The molecular weight excluding hydrogens is 218 g/mol. The average molecular weight is 237 g/mol. The Morgan fingerprint density at radius 2 is 2.25 bits per heavy atom. The molecule has 0 amide bonds. The van der Waals surface area contributed by atoms with Crippen LogP contribution >= 0.6 is 12.2 Å². The molecule has 1 rings (SSSR count). The van der Waals surface area contributed by atoms with Gasteiger partial charge in [0.25, 0.3) is 0 Å². The molecule has 0 spiro atoms. The van der Waals surface area contributed by atoms with Gasteiger partial charge < -0.3 is 10.6 Å². The lowest BCUT2D eigenvalue weighted by Gasteiger charge is -2.29. The van der Waals surface area contributed by atoms with Crippen molar-refractivity contribution in [3.05, 3.63) is 23.9 Å². The first kappa shape index (κ1) is 12.9. The van der Waals surface area contributed by atoms with Gasteiger partial charge in [-0.15, -0.1) is 0 Å². The van der Waals surface area contributed by atoms with Crippen LogP contribution in [0, 0.1) is 0 Å². The highest BCUT2D eigenvalue weighted by atomic mass is 32.1. The van der Waals surface area contributed by atoms with Gasteiger partial charge in [0.05, 0.1) is 5.56 Å². The van der Waals surface area contributed by atoms with Gasteiger partial charge in [0.2, 0.25) is 0 Å². The predicted octanol–water partition coefficient (Wildman–Crippen LogP) is 2.34. The summed E-state index contributed by atoms with van der Waals surface area (Å²) in [4.78, 5) is 7.04. The van der Waals surface area contributed by atoms with E-state index in [0.29, 0.717) is 11.0 Å². The molecule has 1 aromatic rings. The number of rotatable bonds is 5. The first-order chi connectivity index (χ1) is 7.57. The number of aromatic nitrogens is 1. The second-order valence-corrected chi connectivity index (χ2v) is 4.47. The fraction of sp³-hybridized carbons (Fsp3) is 0.500. The fourth-order valence-electron chi connectivity index (χ4n) is 1.67. The van der Waals surface area contributed by atoms with Crippen LogP contribution in [0.5, 0.6) is 0 Å². The Morgan fingerprint density at radius 3 is 2.75 bits per heavy atom. The van der Waals surface area contributed by atoms with Crippen LogP contribution in [0.4, 0.5) is 5.82 Å². The van der Waals surface area contributed by atoms with Crippen molar-refractivity contribution in [3.8, 4) is 0 Å². The van der Waals surface area contributed by atoms with Crippen molar-refractivity contribution >= 4 is 23.0 Å². The molecule has 1 heterocycles. The molecule has 3 nitrogen and oxygen atoms in total. The van der Waals surface area contributed by atoms with E-state index < -0.39 is 0 Å². The summed E-state index contributed by atoms with van der Waals surface area (Å²) in [6.45, 7) is 7.41. The van der Waals surface area contributed by atoms with Gasteiger partial charge in [-0.3, -0.25) is 0 Å². The highest BCUT2D eigenvalue weighted by Gasteiger charge is 2.15. The van der Waals surface area contributed by atoms with Gasteiger partial charge in [-0.05, 0) is 32.4 Å². The monoisotopic (exact) mass is 237 g/mol. The number of nitrogens with two attached hydrogens (primary N) is 1. The van der Waals surface area contributed by atoms with E-state index in [4.69, 9.17) is 18.0 Å². The summed E-state index contributed by atoms with van der Waals surface area (Å²) in [5, 5.41) is 0. The van der Waals surface area contributed by atoms with Crippen molar-refractivity contribution < 1.29 is 0 Å². The predicted molar refractivity (Wildman–Crippen MR) is 72.9 cm³/mol. The molecule has 16 heavy (non-hydrogen) atoms. The van der Waals surface area contributed by atoms with Crippen LogP contribution in [0.15, 0.2) is 18.3 Å². The van der Waals surface area contributed by atoms with Crippen molar-refractivity contribution in [2.24, 2.45) is 5.73 Å². The Balaban J connectivity index is 3.12. The minimum absolute atomic E-state index is 0.392. The Hall–Kier alpha value is -1.16. The van der Waals surface area contributed by atoms with Crippen molar-refractivity contribution in [2.45, 2.75) is 33.2 Å². The zero-order chi connectivity index (χ0) is 12.1. The van der Waals surface area contributed by atoms with Gasteiger partial charge in [-0.25, -0.2) is 4.98 Å². The lowest BCUT2D eigenvalue weighted by Crippen LogP contribution is -2.34. The highest BCUT2D eigenvalue weighted by Crippen LogP contribution is 2.19. The summed E-state index contributed by atoms with van der Waals surface area (Å²) in [6, 6.07) is 4.18. The van der Waals surface area contributed by atoms with Crippen LogP contribution in [0.2, 0.25) is 0 Å². The number of pyridine rings is 1. The SMILES string of the molecule is CCCN(c1ncccc1C(N)=S)C(C)C. The molecule has 0 saturated heterocycles. The van der Waals surface area contributed by atoms with Crippen molar-refractivity contribution in [1.82, 2.24) is 4.98 Å². The third kappa shape index (κ3) is 2.92. The fourth-order valence-corrected chi connectivity index (χ4v) is 1.83. The summed E-state index contributed by atoms with van der Waals surface area (Å²) < 4.78 is 0. The third-order valence-corrected chi connectivity index (χ3v) is 2.63. The van der Waals surface area contributed by atoms with Crippen LogP contribution in [-0.2, 0) is 0 Å². The maximum atomic E-state index is 5.71. The molecule has 0 aromatic carbocycles. The van der Waals surface area contributed by atoms with E-state index in [1.807, 2.05) is 12.1 Å². The molecule has 0 atom stereocenters. The van der Waals surface area contributed by atoms with Crippen LogP contribution in [0.3, 0.4) is 0 Å². The molecule has 0 saturated carbocycles. The third-order valence-electron chi connectivity index (χ3n) is 2.41. The molecule has 4 heteroatoms. The van der Waals surface area contributed by atoms with Crippen LogP contribution in [0.1, 0.15) is 32.8 Å². The maximum Gasteiger partial charge on any atom is 0.139 e. The van der Waals surface area contributed by atoms with Crippen LogP contribution in [-0.4, -0.2) is 22.6 Å². The molecule has 1 aromatic heterocycles. The van der Waals surface area contributed by atoms with E-state index >= 15 is 0 Å². The molecule has 2 N–H and O–H groups in total. The van der Waals surface area contributed by atoms with Gasteiger partial charge in [0.1, 0.15) is 10.8 Å². The first-order valence-corrected chi connectivity index (χ1v) is 6.00. The Kier molecular flexibility index (Phi) is 4.68. The number of hydrogen-bond acceptors (Lipinski definition) is 3. The highest BCUT2D eigenvalue weighted by molar-refractivity contribution is 7.80. The van der Waals surface area contributed by atoms with E-state index in [-0.39, 0.29) is 0 Å². The lowest BCUT2D eigenvalue weighted by atomic mass is 10.2. The molecule has 0 unspecified atom stereocenters. The van der Waals surface area contributed by atoms with Gasteiger partial charge >= 0.3 is 0 Å². The van der Waals surface area contributed by atoms with Gasteiger partial charge in [0, 0.05) is 18.8 Å². The first-order valence-electron chi connectivity index (χ1n) is 5.59. The molecule has 88 valence electrons. The number of nitrogens with zero attached hydrogens (tertiary/aromatic N) is 2. The molecule has 0 aliphatic heterocycles. The summed E-state index contributed by atoms with van der Waals surface area (Å²) in [7, 11) is 0. The normalized spacial score (nSPS) is 10.5. The van der Waals surface area contributed by atoms with E-state index in [1.165, 1.54) is 0 Å². The van der Waals surface area contributed by atoms with E-state index in [2.05, 4.69) is 30.7 Å². The topological polar surface area (TPSA) is 42.2 Å². The molecule has 0 radical (unpaired) electrons. The standard InChI is InChI=1S/C12H19N3S/c1-4-8-15(9(2)3)12-10(11(13)16)6-5-7-14-12/h5-7,9H,4,8H2,1-3H3,(H2,13,16). The second kappa shape index (κ2) is 5.80. The smallest absolute Gasteiger partial charge is 0.139 e. The Bertz CT molecular complexity index is 363. The number of hydrogen-bond donors (Lipinski definition) is 1. The largest absolute Gasteiger partial charge is 0.389 e. The summed E-state index contributed by atoms with van der Waals surface area (Å²) in [6.07, 6.45) is 2.85. The van der Waals surface area contributed by atoms with Crippen molar-refractivity contribution in [2.75, 3.05) is 11.4 Å². The molecular formula is C12H19N3S. The zero-order valence-electron chi connectivity index (χ0n) is 10.1. The Labute approximate surface area is 103 Å². The quantitative estimate of drug-likeness (QED) is 0.798. The molecule has 0 aliphatic carbocycles. The van der Waals surface area contributed by atoms with Crippen LogP contribution < -0.4 is 10.6 Å². The minimum Gasteiger partial charge on any atom is -0.389 e. The van der Waals surface area contributed by atoms with E-state index in [1.54, 1.807) is 6.20 Å². The van der Waals surface area contributed by atoms with Gasteiger partial charge in [-0.2, -0.15) is 0 Å². The minimum atomic E-state index is 0.392. The summed E-state index contributed by atoms with van der Waals surface area (Å²) in [5.74, 6) is 0.895. The summed E-state index contributed by atoms with van der Waals surface area (Å²) >= 11 is 5.05. The van der Waals surface area contributed by atoms with Gasteiger partial charge in [0.15, 0.2) is 0 Å². The summed E-state index contributed by atoms with van der Waals surface area (Å²) in [5.41, 5.74) is 6.57. The average Bonchev–Trinajstić information content (AvgIpc) is 2.25. The number of anilines is 1. The van der Waals surface area contributed by atoms with Crippen LogP contribution in [0.25, 0.3) is 0 Å². The molecule has 0 bridgehead atoms. The molecule has 0 aliphatic rings. The number of thiocarbonyl (C=S) groups is 1. The van der Waals surface area contributed by atoms with Gasteiger partial charge in [-0.1, -0.05) is 19.1 Å². The maximum absolute atomic E-state index is 5.71. The van der Waals surface area contributed by atoms with Crippen molar-refractivity contribution in [1.29, 1.82) is 0 Å². The van der Waals surface area contributed by atoms with Crippen molar-refractivity contribution in [3.63, 3.8) is 0 Å². The zero-order valence-corrected chi connectivity index (χ0v) is 10.9. The lowest BCUT2D eigenvalue weighted by molar-refractivity contribution is 0.662.